The molecule has 3 nitrogen and oxygen atoms in total. The van der Waals surface area contributed by atoms with Gasteiger partial charge in [-0.2, -0.15) is 0 Å². The molecule has 4 unspecified atom stereocenters. The Morgan fingerprint density at radius 1 is 1.31 bits per heavy atom. The summed E-state index contributed by atoms with van der Waals surface area (Å²) in [5.41, 5.74) is 6.22. The van der Waals surface area contributed by atoms with Crippen LogP contribution in [0.3, 0.4) is 0 Å². The second kappa shape index (κ2) is 2.10. The first-order valence-corrected chi connectivity index (χ1v) is 5.15. The Bertz CT molecular complexity index is 253. The van der Waals surface area contributed by atoms with Crippen molar-refractivity contribution in [1.82, 2.24) is 0 Å². The zero-order valence-electron chi connectivity index (χ0n) is 8.25. The second-order valence-electron chi connectivity index (χ2n) is 5.26. The summed E-state index contributed by atoms with van der Waals surface area (Å²) in [6.07, 6.45) is 3.85. The highest BCUT2D eigenvalue weighted by molar-refractivity contribution is 5.14. The van der Waals surface area contributed by atoms with Crippen LogP contribution in [0.2, 0.25) is 0 Å². The second-order valence-corrected chi connectivity index (χ2v) is 5.26. The SMILES string of the molecule is CC1(C)OC2C3CCC(N)(C3)C2O1. The highest BCUT2D eigenvalue weighted by Crippen LogP contribution is 2.53. The molecule has 3 aliphatic rings. The van der Waals surface area contributed by atoms with Gasteiger partial charge in [-0.05, 0) is 39.0 Å². The normalized spacial score (nSPS) is 57.0. The summed E-state index contributed by atoms with van der Waals surface area (Å²) >= 11 is 0. The molecule has 0 aromatic heterocycles. The Morgan fingerprint density at radius 3 is 2.77 bits per heavy atom. The van der Waals surface area contributed by atoms with E-state index in [-0.39, 0.29) is 17.7 Å². The van der Waals surface area contributed by atoms with Crippen LogP contribution in [-0.2, 0) is 9.47 Å². The standard InChI is InChI=1S/C10H17NO2/c1-9(2)12-7-6-3-4-10(11,5-6)8(7)13-9/h6-8H,3-5,11H2,1-2H3. The third kappa shape index (κ3) is 0.953. The Balaban J connectivity index is 1.93. The van der Waals surface area contributed by atoms with Gasteiger partial charge in [0.2, 0.25) is 0 Å². The van der Waals surface area contributed by atoms with E-state index >= 15 is 0 Å². The lowest BCUT2D eigenvalue weighted by Crippen LogP contribution is -2.50. The predicted octanol–water partition coefficient (Wildman–Crippen LogP) is 1.02. The van der Waals surface area contributed by atoms with Crippen molar-refractivity contribution in [2.24, 2.45) is 11.7 Å². The van der Waals surface area contributed by atoms with Crippen LogP contribution in [0.15, 0.2) is 0 Å². The lowest BCUT2D eigenvalue weighted by atomic mass is 9.90. The molecule has 0 radical (unpaired) electrons. The van der Waals surface area contributed by atoms with Crippen LogP contribution in [0.4, 0.5) is 0 Å². The Morgan fingerprint density at radius 2 is 2.08 bits per heavy atom. The quantitative estimate of drug-likeness (QED) is 0.609. The van der Waals surface area contributed by atoms with Crippen LogP contribution >= 0.6 is 0 Å². The van der Waals surface area contributed by atoms with E-state index in [1.807, 2.05) is 13.8 Å². The molecule has 0 aromatic rings. The molecule has 1 saturated heterocycles. The minimum Gasteiger partial charge on any atom is -0.344 e. The van der Waals surface area contributed by atoms with Gasteiger partial charge in [0.15, 0.2) is 5.79 Å². The van der Waals surface area contributed by atoms with E-state index in [9.17, 15) is 0 Å². The van der Waals surface area contributed by atoms with E-state index in [1.54, 1.807) is 0 Å². The summed E-state index contributed by atoms with van der Waals surface area (Å²) in [4.78, 5) is 0. The van der Waals surface area contributed by atoms with E-state index < -0.39 is 5.79 Å². The van der Waals surface area contributed by atoms with Crippen molar-refractivity contribution in [1.29, 1.82) is 0 Å². The first-order chi connectivity index (χ1) is 6.00. The Hall–Kier alpha value is -0.120. The van der Waals surface area contributed by atoms with Crippen LogP contribution < -0.4 is 5.73 Å². The van der Waals surface area contributed by atoms with Gasteiger partial charge in [-0.1, -0.05) is 0 Å². The lowest BCUT2D eigenvalue weighted by molar-refractivity contribution is -0.158. The first-order valence-electron chi connectivity index (χ1n) is 5.15. The van der Waals surface area contributed by atoms with E-state index in [4.69, 9.17) is 15.2 Å². The monoisotopic (exact) mass is 183 g/mol. The maximum Gasteiger partial charge on any atom is 0.163 e. The number of fused-ring (bicyclic) bond motifs is 5. The zero-order chi connectivity index (χ0) is 9.27. The highest BCUT2D eigenvalue weighted by Gasteiger charge is 2.62. The minimum absolute atomic E-state index is 0.0803. The summed E-state index contributed by atoms with van der Waals surface area (Å²) in [5.74, 6) is 0.236. The maximum absolute atomic E-state index is 6.30. The Kier molecular flexibility index (Phi) is 1.33. The van der Waals surface area contributed by atoms with Crippen LogP contribution in [0.5, 0.6) is 0 Å². The van der Waals surface area contributed by atoms with Crippen LogP contribution in [0.1, 0.15) is 33.1 Å². The highest BCUT2D eigenvalue weighted by atomic mass is 16.8. The van der Waals surface area contributed by atoms with Crippen molar-refractivity contribution in [2.45, 2.75) is 56.6 Å². The van der Waals surface area contributed by atoms with Crippen LogP contribution in [0.25, 0.3) is 0 Å². The third-order valence-electron chi connectivity index (χ3n) is 3.78. The maximum atomic E-state index is 6.30. The fraction of sp³-hybridized carbons (Fsp3) is 1.00. The molecule has 2 bridgehead atoms. The van der Waals surface area contributed by atoms with Gasteiger partial charge >= 0.3 is 0 Å². The van der Waals surface area contributed by atoms with E-state index in [2.05, 4.69) is 0 Å². The van der Waals surface area contributed by atoms with E-state index in [1.165, 1.54) is 6.42 Å². The molecule has 0 amide bonds. The number of hydrogen-bond donors (Lipinski definition) is 1. The van der Waals surface area contributed by atoms with E-state index in [0.29, 0.717) is 5.92 Å². The number of ether oxygens (including phenoxy) is 2. The van der Waals surface area contributed by atoms with Gasteiger partial charge in [0.25, 0.3) is 0 Å². The van der Waals surface area contributed by atoms with Gasteiger partial charge in [-0.15, -0.1) is 0 Å². The summed E-state index contributed by atoms with van der Waals surface area (Å²) in [5, 5.41) is 0. The molecular formula is C10H17NO2. The van der Waals surface area contributed by atoms with Crippen molar-refractivity contribution in [3.05, 3.63) is 0 Å². The summed E-state index contributed by atoms with van der Waals surface area (Å²) < 4.78 is 11.7. The van der Waals surface area contributed by atoms with Crippen molar-refractivity contribution in [3.63, 3.8) is 0 Å². The van der Waals surface area contributed by atoms with Gasteiger partial charge in [-0.25, -0.2) is 0 Å². The fourth-order valence-electron chi connectivity index (χ4n) is 3.26. The molecule has 74 valence electrons. The van der Waals surface area contributed by atoms with E-state index in [0.717, 1.165) is 12.8 Å². The molecule has 3 rings (SSSR count). The van der Waals surface area contributed by atoms with Crippen LogP contribution in [0, 0.1) is 5.92 Å². The molecule has 1 aliphatic heterocycles. The van der Waals surface area contributed by atoms with Gasteiger partial charge in [-0.3, -0.25) is 0 Å². The molecular weight excluding hydrogens is 166 g/mol. The van der Waals surface area contributed by atoms with Crippen molar-refractivity contribution >= 4 is 0 Å². The molecule has 13 heavy (non-hydrogen) atoms. The molecule has 0 aromatic carbocycles. The minimum atomic E-state index is -0.414. The molecule has 2 N–H and O–H groups in total. The zero-order valence-corrected chi connectivity index (χ0v) is 8.25. The molecule has 2 saturated carbocycles. The molecule has 3 fully saturated rings. The van der Waals surface area contributed by atoms with Crippen molar-refractivity contribution < 1.29 is 9.47 Å². The molecule has 1 heterocycles. The van der Waals surface area contributed by atoms with Crippen molar-refractivity contribution in [2.75, 3.05) is 0 Å². The predicted molar refractivity (Wildman–Crippen MR) is 48.1 cm³/mol. The molecule has 3 heteroatoms. The molecule has 0 spiro atoms. The topological polar surface area (TPSA) is 44.5 Å². The van der Waals surface area contributed by atoms with Gasteiger partial charge in [0.1, 0.15) is 6.10 Å². The van der Waals surface area contributed by atoms with Crippen LogP contribution in [-0.4, -0.2) is 23.5 Å². The number of hydrogen-bond acceptors (Lipinski definition) is 3. The summed E-state index contributed by atoms with van der Waals surface area (Å²) in [7, 11) is 0. The Labute approximate surface area is 78.6 Å². The first kappa shape index (κ1) is 8.21. The number of rotatable bonds is 0. The molecule has 2 aliphatic carbocycles. The summed E-state index contributed by atoms with van der Waals surface area (Å²) in [6.45, 7) is 3.96. The average molecular weight is 183 g/mol. The molecule has 4 atom stereocenters. The lowest BCUT2D eigenvalue weighted by Gasteiger charge is -2.30. The average Bonchev–Trinajstić information content (AvgIpc) is 2.56. The third-order valence-corrected chi connectivity index (χ3v) is 3.78. The smallest absolute Gasteiger partial charge is 0.163 e. The largest absolute Gasteiger partial charge is 0.344 e. The van der Waals surface area contributed by atoms with Crippen molar-refractivity contribution in [3.8, 4) is 0 Å². The fourth-order valence-corrected chi connectivity index (χ4v) is 3.26. The number of nitrogens with two attached hydrogens (primary N) is 1. The van der Waals surface area contributed by atoms with Gasteiger partial charge < -0.3 is 15.2 Å². The van der Waals surface area contributed by atoms with Gasteiger partial charge in [0, 0.05) is 5.54 Å². The van der Waals surface area contributed by atoms with Gasteiger partial charge in [0.05, 0.1) is 6.10 Å². The summed E-state index contributed by atoms with van der Waals surface area (Å²) in [6, 6.07) is 0.